The predicted octanol–water partition coefficient (Wildman–Crippen LogP) is 0.837. The molecule has 0 saturated heterocycles. The molecule has 1 aromatic rings. The van der Waals surface area contributed by atoms with E-state index in [1.807, 2.05) is 13.0 Å². The number of amides is 1. The summed E-state index contributed by atoms with van der Waals surface area (Å²) in [4.78, 5) is 12.1. The highest BCUT2D eigenvalue weighted by molar-refractivity contribution is 7.84. The van der Waals surface area contributed by atoms with Crippen LogP contribution in [0.2, 0.25) is 0 Å². The summed E-state index contributed by atoms with van der Waals surface area (Å²) in [6.07, 6.45) is 1.98. The second-order valence-corrected chi connectivity index (χ2v) is 5.91. The zero-order chi connectivity index (χ0) is 15.0. The van der Waals surface area contributed by atoms with Crippen LogP contribution >= 0.6 is 0 Å². The molecular formula is C15H19NO3S. The molecule has 1 aromatic carbocycles. The Morgan fingerprint density at radius 1 is 1.45 bits per heavy atom. The lowest BCUT2D eigenvalue weighted by atomic mass is 10.0. The Hall–Kier alpha value is -1.64. The Morgan fingerprint density at radius 2 is 2.20 bits per heavy atom. The quantitative estimate of drug-likeness (QED) is 0.791. The Morgan fingerprint density at radius 3 is 2.85 bits per heavy atom. The third-order valence-electron chi connectivity index (χ3n) is 2.55. The van der Waals surface area contributed by atoms with Gasteiger partial charge < -0.3 is 10.4 Å². The number of rotatable bonds is 5. The van der Waals surface area contributed by atoms with Crippen molar-refractivity contribution in [2.24, 2.45) is 0 Å². The number of carbonyl (C=O) groups excluding carboxylic acids is 1. The molecule has 0 aromatic heterocycles. The summed E-state index contributed by atoms with van der Waals surface area (Å²) in [6.45, 7) is 2.28. The van der Waals surface area contributed by atoms with E-state index >= 15 is 0 Å². The van der Waals surface area contributed by atoms with E-state index in [-0.39, 0.29) is 12.5 Å². The monoisotopic (exact) mass is 293 g/mol. The maximum absolute atomic E-state index is 12.1. The van der Waals surface area contributed by atoms with Gasteiger partial charge >= 0.3 is 0 Å². The fourth-order valence-electron chi connectivity index (χ4n) is 1.57. The van der Waals surface area contributed by atoms with Crippen LogP contribution in [0.15, 0.2) is 18.2 Å². The first-order valence-electron chi connectivity index (χ1n) is 6.33. The number of hydrogen-bond donors (Lipinski definition) is 2. The number of carbonyl (C=O) groups is 1. The van der Waals surface area contributed by atoms with Gasteiger partial charge in [-0.3, -0.25) is 9.00 Å². The lowest BCUT2D eigenvalue weighted by Gasteiger charge is -2.07. The van der Waals surface area contributed by atoms with Gasteiger partial charge in [0, 0.05) is 41.3 Å². The summed E-state index contributed by atoms with van der Waals surface area (Å²) in [5.41, 5.74) is 2.12. The number of nitrogens with one attached hydrogen (secondary N) is 1. The van der Waals surface area contributed by atoms with Gasteiger partial charge in [-0.25, -0.2) is 0 Å². The van der Waals surface area contributed by atoms with Crippen LogP contribution in [0.4, 0.5) is 0 Å². The highest BCUT2D eigenvalue weighted by atomic mass is 32.2. The van der Waals surface area contributed by atoms with E-state index in [9.17, 15) is 9.00 Å². The maximum Gasteiger partial charge on any atom is 0.252 e. The van der Waals surface area contributed by atoms with Gasteiger partial charge in [0.1, 0.15) is 0 Å². The lowest BCUT2D eigenvalue weighted by Crippen LogP contribution is -2.28. The summed E-state index contributed by atoms with van der Waals surface area (Å²) in [5.74, 6) is 5.92. The van der Waals surface area contributed by atoms with E-state index in [1.165, 1.54) is 0 Å². The SMILES string of the molecule is Cc1ccc(C#CCCO)c(C(=O)NCCS(C)=O)c1. The zero-order valence-electron chi connectivity index (χ0n) is 11.7. The van der Waals surface area contributed by atoms with Crippen LogP contribution in [0.25, 0.3) is 0 Å². The van der Waals surface area contributed by atoms with Crippen LogP contribution in [0, 0.1) is 18.8 Å². The van der Waals surface area contributed by atoms with E-state index in [4.69, 9.17) is 5.11 Å². The van der Waals surface area contributed by atoms with Gasteiger partial charge in [0.05, 0.1) is 12.2 Å². The Kier molecular flexibility index (Phi) is 6.99. The molecule has 0 aliphatic carbocycles. The van der Waals surface area contributed by atoms with E-state index in [0.29, 0.717) is 29.8 Å². The molecule has 0 bridgehead atoms. The smallest absolute Gasteiger partial charge is 0.252 e. The highest BCUT2D eigenvalue weighted by Gasteiger charge is 2.10. The van der Waals surface area contributed by atoms with Crippen molar-refractivity contribution in [3.8, 4) is 11.8 Å². The van der Waals surface area contributed by atoms with Gasteiger partial charge in [-0.2, -0.15) is 0 Å². The third kappa shape index (κ3) is 5.55. The molecule has 0 aliphatic heterocycles. The van der Waals surface area contributed by atoms with Crippen LogP contribution in [0.3, 0.4) is 0 Å². The first-order chi connectivity index (χ1) is 9.54. The van der Waals surface area contributed by atoms with Crippen LogP contribution in [-0.4, -0.2) is 40.4 Å². The molecule has 108 valence electrons. The van der Waals surface area contributed by atoms with Gasteiger partial charge in [-0.05, 0) is 19.1 Å². The van der Waals surface area contributed by atoms with Gasteiger partial charge in [0.15, 0.2) is 0 Å². The van der Waals surface area contributed by atoms with Crippen LogP contribution in [0.5, 0.6) is 0 Å². The summed E-state index contributed by atoms with van der Waals surface area (Å²) >= 11 is 0. The molecule has 20 heavy (non-hydrogen) atoms. The largest absolute Gasteiger partial charge is 0.395 e. The molecule has 0 heterocycles. The molecule has 2 N–H and O–H groups in total. The molecule has 0 fully saturated rings. The number of aliphatic hydroxyl groups excluding tert-OH is 1. The summed E-state index contributed by atoms with van der Waals surface area (Å²) < 4.78 is 11.0. The van der Waals surface area contributed by atoms with Crippen molar-refractivity contribution in [3.63, 3.8) is 0 Å². The minimum Gasteiger partial charge on any atom is -0.395 e. The molecule has 1 amide bonds. The van der Waals surface area contributed by atoms with E-state index in [2.05, 4.69) is 17.2 Å². The fraction of sp³-hybridized carbons (Fsp3) is 0.400. The third-order valence-corrected chi connectivity index (χ3v) is 3.33. The predicted molar refractivity (Wildman–Crippen MR) is 81.0 cm³/mol. The highest BCUT2D eigenvalue weighted by Crippen LogP contribution is 2.11. The lowest BCUT2D eigenvalue weighted by molar-refractivity contribution is 0.0956. The normalized spacial score (nSPS) is 11.3. The molecule has 1 rings (SSSR count). The molecule has 1 unspecified atom stereocenters. The average molecular weight is 293 g/mol. The molecular weight excluding hydrogens is 274 g/mol. The second-order valence-electron chi connectivity index (χ2n) is 4.36. The molecule has 0 saturated carbocycles. The number of aliphatic hydroxyl groups is 1. The van der Waals surface area contributed by atoms with Gasteiger partial charge in [-0.1, -0.05) is 23.5 Å². The van der Waals surface area contributed by atoms with Crippen molar-refractivity contribution < 1.29 is 14.1 Å². The Labute approximate surface area is 122 Å². The van der Waals surface area contributed by atoms with Crippen molar-refractivity contribution >= 4 is 16.7 Å². The number of benzene rings is 1. The molecule has 0 spiro atoms. The van der Waals surface area contributed by atoms with E-state index in [1.54, 1.807) is 18.4 Å². The standard InChI is InChI=1S/C15H19NO3S/c1-12-6-7-13(5-3-4-9-17)14(11-12)15(18)16-8-10-20(2)19/h6-7,11,17H,4,8-10H2,1-2H3,(H,16,18). The number of hydrogen-bond acceptors (Lipinski definition) is 3. The maximum atomic E-state index is 12.1. The summed E-state index contributed by atoms with van der Waals surface area (Å²) in [7, 11) is -0.925. The molecule has 5 heteroatoms. The minimum atomic E-state index is -0.925. The van der Waals surface area contributed by atoms with Crippen LogP contribution in [-0.2, 0) is 10.8 Å². The Balaban J connectivity index is 2.86. The van der Waals surface area contributed by atoms with Crippen LogP contribution in [0.1, 0.15) is 27.9 Å². The summed E-state index contributed by atoms with van der Waals surface area (Å²) in [5, 5.41) is 11.5. The number of aryl methyl sites for hydroxylation is 1. The fourth-order valence-corrected chi connectivity index (χ4v) is 1.96. The molecule has 4 nitrogen and oxygen atoms in total. The topological polar surface area (TPSA) is 66.4 Å². The average Bonchev–Trinajstić information content (AvgIpc) is 2.40. The summed E-state index contributed by atoms with van der Waals surface area (Å²) in [6, 6.07) is 5.47. The van der Waals surface area contributed by atoms with Crippen molar-refractivity contribution in [3.05, 3.63) is 34.9 Å². The molecule has 0 radical (unpaired) electrons. The second kappa shape index (κ2) is 8.51. The van der Waals surface area contributed by atoms with E-state index in [0.717, 1.165) is 5.56 Å². The van der Waals surface area contributed by atoms with E-state index < -0.39 is 10.8 Å². The zero-order valence-corrected chi connectivity index (χ0v) is 12.5. The first kappa shape index (κ1) is 16.4. The van der Waals surface area contributed by atoms with Gasteiger partial charge in [0.25, 0.3) is 5.91 Å². The minimum absolute atomic E-state index is 0.00268. The Bertz CT molecular complexity index is 558. The van der Waals surface area contributed by atoms with Gasteiger partial charge in [-0.15, -0.1) is 0 Å². The van der Waals surface area contributed by atoms with Crippen LogP contribution < -0.4 is 5.32 Å². The van der Waals surface area contributed by atoms with Crippen molar-refractivity contribution in [2.45, 2.75) is 13.3 Å². The van der Waals surface area contributed by atoms with Crippen molar-refractivity contribution in [2.75, 3.05) is 25.2 Å². The molecule has 0 aliphatic rings. The van der Waals surface area contributed by atoms with Crippen molar-refractivity contribution in [1.82, 2.24) is 5.32 Å². The van der Waals surface area contributed by atoms with Gasteiger partial charge in [0.2, 0.25) is 0 Å². The molecule has 1 atom stereocenters. The van der Waals surface area contributed by atoms with Crippen molar-refractivity contribution in [1.29, 1.82) is 0 Å². The first-order valence-corrected chi connectivity index (χ1v) is 8.06.